The van der Waals surface area contributed by atoms with Crippen LogP contribution in [-0.4, -0.2) is 67.0 Å². The number of carbonyl (C=O) groups excluding carboxylic acids is 2. The van der Waals surface area contributed by atoms with Gasteiger partial charge >= 0.3 is 0 Å². The summed E-state index contributed by atoms with van der Waals surface area (Å²) in [5.41, 5.74) is 1.36. The van der Waals surface area contributed by atoms with Gasteiger partial charge in [-0.3, -0.25) is 14.5 Å². The van der Waals surface area contributed by atoms with Crippen LogP contribution < -0.4 is 5.32 Å². The number of nitrogens with zero attached hydrogens (tertiary/aromatic N) is 2. The molecular weight excluding hydrogens is 330 g/mol. The second-order valence-electron chi connectivity index (χ2n) is 7.57. The Morgan fingerprint density at radius 3 is 2.62 bits per heavy atom. The van der Waals surface area contributed by atoms with Crippen molar-refractivity contribution in [3.05, 3.63) is 29.8 Å². The monoisotopic (exact) mass is 357 g/mol. The van der Waals surface area contributed by atoms with Gasteiger partial charge in [0.1, 0.15) is 0 Å². The van der Waals surface area contributed by atoms with Crippen LogP contribution in [-0.2, 0) is 9.53 Å². The minimum atomic E-state index is 0.0456. The van der Waals surface area contributed by atoms with Gasteiger partial charge in [0.05, 0.1) is 6.10 Å². The van der Waals surface area contributed by atoms with Crippen molar-refractivity contribution < 1.29 is 14.3 Å². The van der Waals surface area contributed by atoms with Crippen LogP contribution in [0, 0.1) is 5.92 Å². The van der Waals surface area contributed by atoms with E-state index in [0.717, 1.165) is 65.0 Å². The summed E-state index contributed by atoms with van der Waals surface area (Å²) in [7, 11) is 0. The van der Waals surface area contributed by atoms with E-state index in [2.05, 4.69) is 10.2 Å². The predicted octanol–water partition coefficient (Wildman–Crippen LogP) is 1.97. The highest BCUT2D eigenvalue weighted by Crippen LogP contribution is 2.30. The lowest BCUT2D eigenvalue weighted by Crippen LogP contribution is -2.50. The number of amides is 2. The fourth-order valence-corrected chi connectivity index (χ4v) is 3.71. The van der Waals surface area contributed by atoms with Crippen molar-refractivity contribution in [2.45, 2.75) is 31.8 Å². The number of anilines is 1. The number of nitrogens with one attached hydrogen (secondary N) is 1. The van der Waals surface area contributed by atoms with Crippen molar-refractivity contribution in [1.82, 2.24) is 9.80 Å². The number of piperazine rings is 1. The number of hydrogen-bond donors (Lipinski definition) is 1. The van der Waals surface area contributed by atoms with E-state index in [1.807, 2.05) is 23.1 Å². The van der Waals surface area contributed by atoms with Gasteiger partial charge in [0, 0.05) is 56.5 Å². The fraction of sp³-hybridized carbons (Fsp3) is 0.600. The molecule has 2 amide bonds. The normalized spacial score (nSPS) is 23.8. The maximum atomic E-state index is 12.8. The van der Waals surface area contributed by atoms with Crippen molar-refractivity contribution in [3.8, 4) is 0 Å². The third-order valence-corrected chi connectivity index (χ3v) is 5.47. The molecule has 140 valence electrons. The van der Waals surface area contributed by atoms with E-state index in [1.165, 1.54) is 0 Å². The fourth-order valence-electron chi connectivity index (χ4n) is 3.71. The summed E-state index contributed by atoms with van der Waals surface area (Å²) in [6, 6.07) is 7.30. The van der Waals surface area contributed by atoms with Gasteiger partial charge in [-0.1, -0.05) is 6.07 Å². The lowest BCUT2D eigenvalue weighted by atomic mass is 10.1. The summed E-state index contributed by atoms with van der Waals surface area (Å²) < 4.78 is 5.71. The van der Waals surface area contributed by atoms with Crippen LogP contribution in [0.15, 0.2) is 24.3 Å². The zero-order valence-electron chi connectivity index (χ0n) is 15.2. The van der Waals surface area contributed by atoms with Crippen LogP contribution in [0.25, 0.3) is 0 Å². The van der Waals surface area contributed by atoms with Gasteiger partial charge < -0.3 is 15.0 Å². The van der Waals surface area contributed by atoms with Crippen LogP contribution in [0.5, 0.6) is 0 Å². The molecule has 6 nitrogen and oxygen atoms in total. The van der Waals surface area contributed by atoms with E-state index < -0.39 is 0 Å². The Balaban J connectivity index is 1.30. The quantitative estimate of drug-likeness (QED) is 0.875. The molecule has 3 fully saturated rings. The van der Waals surface area contributed by atoms with Crippen molar-refractivity contribution >= 4 is 17.5 Å². The number of rotatable bonds is 5. The molecule has 1 aromatic rings. The second kappa shape index (κ2) is 7.76. The van der Waals surface area contributed by atoms with Crippen molar-refractivity contribution in [1.29, 1.82) is 0 Å². The van der Waals surface area contributed by atoms with Crippen LogP contribution in [0.1, 0.15) is 36.0 Å². The van der Waals surface area contributed by atoms with E-state index in [1.54, 1.807) is 6.07 Å². The molecule has 1 N–H and O–H groups in total. The van der Waals surface area contributed by atoms with E-state index in [9.17, 15) is 9.59 Å². The van der Waals surface area contributed by atoms with Crippen LogP contribution in [0.4, 0.5) is 5.69 Å². The van der Waals surface area contributed by atoms with Gasteiger partial charge in [-0.05, 0) is 43.9 Å². The molecule has 1 aromatic carbocycles. The third kappa shape index (κ3) is 4.24. The predicted molar refractivity (Wildman–Crippen MR) is 99.1 cm³/mol. The van der Waals surface area contributed by atoms with Crippen LogP contribution in [0.2, 0.25) is 0 Å². The first-order valence-electron chi connectivity index (χ1n) is 9.73. The lowest BCUT2D eigenvalue weighted by molar-refractivity contribution is -0.117. The highest BCUT2D eigenvalue weighted by molar-refractivity contribution is 5.98. The number of ether oxygens (including phenoxy) is 1. The minimum Gasteiger partial charge on any atom is -0.377 e. The maximum Gasteiger partial charge on any atom is 0.254 e. The molecule has 1 saturated carbocycles. The smallest absolute Gasteiger partial charge is 0.254 e. The summed E-state index contributed by atoms with van der Waals surface area (Å²) in [6.07, 6.45) is 4.63. The first-order chi connectivity index (χ1) is 12.7. The zero-order valence-corrected chi connectivity index (χ0v) is 15.2. The Morgan fingerprint density at radius 1 is 1.12 bits per heavy atom. The van der Waals surface area contributed by atoms with E-state index in [0.29, 0.717) is 17.4 Å². The molecule has 3 aliphatic rings. The Morgan fingerprint density at radius 2 is 1.92 bits per heavy atom. The van der Waals surface area contributed by atoms with E-state index >= 15 is 0 Å². The van der Waals surface area contributed by atoms with Gasteiger partial charge in [-0.25, -0.2) is 0 Å². The Hall–Kier alpha value is -1.92. The topological polar surface area (TPSA) is 61.9 Å². The molecular formula is C20H27N3O3. The molecule has 6 heteroatoms. The first-order valence-corrected chi connectivity index (χ1v) is 9.73. The molecule has 0 bridgehead atoms. The second-order valence-corrected chi connectivity index (χ2v) is 7.57. The highest BCUT2D eigenvalue weighted by atomic mass is 16.5. The summed E-state index contributed by atoms with van der Waals surface area (Å²) in [5, 5.41) is 2.92. The summed E-state index contributed by atoms with van der Waals surface area (Å²) in [4.78, 5) is 29.0. The average molecular weight is 357 g/mol. The molecule has 1 aliphatic carbocycles. The average Bonchev–Trinajstić information content (AvgIpc) is 3.40. The standard InChI is InChI=1S/C20H27N3O3/c24-19(15-6-7-15)21-17-4-1-3-16(13-17)20(25)23-10-8-22(9-11-23)14-18-5-2-12-26-18/h1,3-4,13,15,18H,2,5-12,14H2,(H,21,24). The number of benzene rings is 1. The van der Waals surface area contributed by atoms with Gasteiger partial charge in [0.2, 0.25) is 5.91 Å². The van der Waals surface area contributed by atoms with E-state index in [-0.39, 0.29) is 17.7 Å². The number of carbonyl (C=O) groups is 2. The van der Waals surface area contributed by atoms with Crippen molar-refractivity contribution in [2.75, 3.05) is 44.6 Å². The molecule has 0 radical (unpaired) electrons. The van der Waals surface area contributed by atoms with Crippen LogP contribution in [0.3, 0.4) is 0 Å². The maximum absolute atomic E-state index is 12.8. The molecule has 0 aromatic heterocycles. The molecule has 2 aliphatic heterocycles. The first kappa shape index (κ1) is 17.5. The number of hydrogen-bond acceptors (Lipinski definition) is 4. The highest BCUT2D eigenvalue weighted by Gasteiger charge is 2.30. The third-order valence-electron chi connectivity index (χ3n) is 5.47. The van der Waals surface area contributed by atoms with E-state index in [4.69, 9.17) is 4.74 Å². The lowest BCUT2D eigenvalue weighted by Gasteiger charge is -2.35. The van der Waals surface area contributed by atoms with Gasteiger partial charge in [0.25, 0.3) is 5.91 Å². The Bertz CT molecular complexity index is 660. The Labute approximate surface area is 154 Å². The molecule has 1 atom stereocenters. The van der Waals surface area contributed by atoms with Crippen molar-refractivity contribution in [3.63, 3.8) is 0 Å². The van der Waals surface area contributed by atoms with Crippen molar-refractivity contribution in [2.24, 2.45) is 5.92 Å². The molecule has 0 spiro atoms. The van der Waals surface area contributed by atoms with Gasteiger partial charge in [0.15, 0.2) is 0 Å². The van der Waals surface area contributed by atoms with Crippen LogP contribution >= 0.6 is 0 Å². The zero-order chi connectivity index (χ0) is 17.9. The SMILES string of the molecule is O=C(Nc1cccc(C(=O)N2CCN(CC3CCCO3)CC2)c1)C1CC1. The molecule has 4 rings (SSSR count). The largest absolute Gasteiger partial charge is 0.377 e. The summed E-state index contributed by atoms with van der Waals surface area (Å²) in [5.74, 6) is 0.271. The molecule has 26 heavy (non-hydrogen) atoms. The van der Waals surface area contributed by atoms with Gasteiger partial charge in [-0.2, -0.15) is 0 Å². The summed E-state index contributed by atoms with van der Waals surface area (Å²) >= 11 is 0. The molecule has 2 saturated heterocycles. The Kier molecular flexibility index (Phi) is 5.22. The minimum absolute atomic E-state index is 0.0456. The molecule has 2 heterocycles. The molecule has 1 unspecified atom stereocenters. The van der Waals surface area contributed by atoms with Gasteiger partial charge in [-0.15, -0.1) is 0 Å². The summed E-state index contributed by atoms with van der Waals surface area (Å²) in [6.45, 7) is 5.13.